The highest BCUT2D eigenvalue weighted by Crippen LogP contribution is 2.54. The lowest BCUT2D eigenvalue weighted by molar-refractivity contribution is 0.666. The molecule has 0 aliphatic heterocycles. The smallest absolute Gasteiger partial charge is 0.0533 e. The Hall–Kier alpha value is -4.62. The van der Waals surface area contributed by atoms with Crippen LogP contribution < -0.4 is 0 Å². The summed E-state index contributed by atoms with van der Waals surface area (Å²) in [5.41, 5.74) is 14.6. The van der Waals surface area contributed by atoms with E-state index in [-0.39, 0.29) is 5.41 Å². The van der Waals surface area contributed by atoms with Crippen LogP contribution in [0.15, 0.2) is 109 Å². The Morgan fingerprint density at radius 3 is 1.68 bits per heavy atom. The van der Waals surface area contributed by atoms with E-state index < -0.39 is 0 Å². The van der Waals surface area contributed by atoms with Gasteiger partial charge in [0.2, 0.25) is 0 Å². The number of fused-ring (bicyclic) bond motifs is 7. The first kappa shape index (κ1) is 24.2. The Kier molecular flexibility index (Phi) is 4.98. The van der Waals surface area contributed by atoms with Gasteiger partial charge in [0.15, 0.2) is 0 Å². The highest BCUT2D eigenvalue weighted by atomic mass is 15.0. The fourth-order valence-electron chi connectivity index (χ4n) is 7.54. The van der Waals surface area contributed by atoms with Crippen LogP contribution in [0.2, 0.25) is 0 Å². The zero-order valence-corrected chi connectivity index (χ0v) is 24.3. The van der Waals surface area contributed by atoms with Gasteiger partial charge in [-0.05, 0) is 87.0 Å². The molecule has 0 spiro atoms. The molecular formula is C40H33N. The zero-order chi connectivity index (χ0) is 28.0. The number of benzene rings is 6. The summed E-state index contributed by atoms with van der Waals surface area (Å²) in [7, 11) is 2.22. The monoisotopic (exact) mass is 527 g/mol. The summed E-state index contributed by atoms with van der Waals surface area (Å²) >= 11 is 0. The molecule has 1 heterocycles. The number of nitrogens with zero attached hydrogens (tertiary/aromatic N) is 1. The molecule has 0 saturated heterocycles. The molecule has 8 rings (SSSR count). The topological polar surface area (TPSA) is 4.93 Å². The van der Waals surface area contributed by atoms with E-state index in [1.807, 2.05) is 0 Å². The van der Waals surface area contributed by atoms with Gasteiger partial charge in [0.05, 0.1) is 5.69 Å². The third kappa shape index (κ3) is 3.29. The predicted octanol–water partition coefficient (Wildman–Crippen LogP) is 10.7. The van der Waals surface area contributed by atoms with Crippen molar-refractivity contribution in [2.45, 2.75) is 33.1 Å². The van der Waals surface area contributed by atoms with Gasteiger partial charge in [0, 0.05) is 28.9 Å². The first-order valence-electron chi connectivity index (χ1n) is 14.6. The van der Waals surface area contributed by atoms with Crippen LogP contribution >= 0.6 is 0 Å². The van der Waals surface area contributed by atoms with Crippen LogP contribution in [0, 0.1) is 13.8 Å². The van der Waals surface area contributed by atoms with E-state index in [2.05, 4.69) is 149 Å². The van der Waals surface area contributed by atoms with Crippen LogP contribution in [0.4, 0.5) is 0 Å². The number of hydrogen-bond acceptors (Lipinski definition) is 0. The van der Waals surface area contributed by atoms with Crippen molar-refractivity contribution >= 4 is 32.4 Å². The van der Waals surface area contributed by atoms with Gasteiger partial charge in [-0.25, -0.2) is 0 Å². The second-order valence-electron chi connectivity index (χ2n) is 12.4. The van der Waals surface area contributed by atoms with Crippen LogP contribution in [-0.4, -0.2) is 4.57 Å². The van der Waals surface area contributed by atoms with Gasteiger partial charge in [-0.15, -0.1) is 0 Å². The van der Waals surface area contributed by atoms with Crippen LogP contribution in [0.1, 0.15) is 36.1 Å². The van der Waals surface area contributed by atoms with Crippen molar-refractivity contribution in [3.05, 3.63) is 131 Å². The fourth-order valence-corrected chi connectivity index (χ4v) is 7.54. The van der Waals surface area contributed by atoms with E-state index in [0.717, 1.165) is 0 Å². The minimum atomic E-state index is -0.0958. The van der Waals surface area contributed by atoms with Crippen molar-refractivity contribution in [3.63, 3.8) is 0 Å². The Balaban J connectivity index is 1.43. The van der Waals surface area contributed by atoms with Gasteiger partial charge in [0.1, 0.15) is 0 Å². The number of aromatic nitrogens is 1. The molecule has 1 aliphatic rings. The van der Waals surface area contributed by atoms with Crippen molar-refractivity contribution < 1.29 is 0 Å². The van der Waals surface area contributed by atoms with E-state index in [9.17, 15) is 0 Å². The second kappa shape index (κ2) is 8.44. The summed E-state index contributed by atoms with van der Waals surface area (Å²) in [6.45, 7) is 9.16. The lowest BCUT2D eigenvalue weighted by Gasteiger charge is -2.23. The third-order valence-corrected chi connectivity index (χ3v) is 9.49. The van der Waals surface area contributed by atoms with Crippen LogP contribution in [0.25, 0.3) is 66.0 Å². The number of hydrogen-bond donors (Lipinski definition) is 0. The standard InChI is InChI=1S/C40H33N/c1-24-14-17-26(18-15-24)36-28-10-6-8-12-30(28)37(31-13-9-7-11-29(31)36)27-19-20-32-34(23-27)40(3,4)38-33-22-25(2)16-21-35(33)41(5)39(32)38/h6-23H,1-5H3. The van der Waals surface area contributed by atoms with Crippen molar-refractivity contribution in [2.24, 2.45) is 7.05 Å². The lowest BCUT2D eigenvalue weighted by Crippen LogP contribution is -2.15. The molecule has 0 amide bonds. The molecule has 0 unspecified atom stereocenters. The summed E-state index contributed by atoms with van der Waals surface area (Å²) in [5, 5.41) is 6.58. The number of rotatable bonds is 2. The maximum Gasteiger partial charge on any atom is 0.0533 e. The van der Waals surface area contributed by atoms with Gasteiger partial charge in [-0.1, -0.05) is 116 Å². The highest BCUT2D eigenvalue weighted by Gasteiger charge is 2.40. The Bertz CT molecular complexity index is 2130. The maximum atomic E-state index is 2.48. The summed E-state index contributed by atoms with van der Waals surface area (Å²) < 4.78 is 2.40. The van der Waals surface area contributed by atoms with E-state index in [4.69, 9.17) is 0 Å². The molecule has 0 radical (unpaired) electrons. The number of aryl methyl sites for hydroxylation is 3. The fraction of sp³-hybridized carbons (Fsp3) is 0.150. The van der Waals surface area contributed by atoms with Crippen molar-refractivity contribution in [1.29, 1.82) is 0 Å². The maximum absolute atomic E-state index is 2.48. The SMILES string of the molecule is Cc1ccc(-c2c3ccccc3c(-c3ccc4c(c3)C(C)(C)c3c-4n(C)c4ccc(C)cc34)c3ccccc23)cc1. The quantitative estimate of drug-likeness (QED) is 0.197. The average Bonchev–Trinajstić information content (AvgIpc) is 3.40. The molecular weight excluding hydrogens is 494 g/mol. The zero-order valence-electron chi connectivity index (χ0n) is 24.3. The summed E-state index contributed by atoms with van der Waals surface area (Å²) in [6.07, 6.45) is 0. The molecule has 1 nitrogen and oxygen atoms in total. The molecule has 7 aromatic rings. The van der Waals surface area contributed by atoms with Gasteiger partial charge in [-0.2, -0.15) is 0 Å². The van der Waals surface area contributed by atoms with Gasteiger partial charge < -0.3 is 4.57 Å². The van der Waals surface area contributed by atoms with Gasteiger partial charge in [-0.3, -0.25) is 0 Å². The Labute approximate surface area is 241 Å². The molecule has 1 heteroatoms. The second-order valence-corrected chi connectivity index (χ2v) is 12.4. The van der Waals surface area contributed by atoms with E-state index in [1.165, 1.54) is 88.2 Å². The first-order chi connectivity index (χ1) is 19.8. The molecule has 0 fully saturated rings. The molecule has 6 aromatic carbocycles. The van der Waals surface area contributed by atoms with Crippen LogP contribution in [0.5, 0.6) is 0 Å². The molecule has 41 heavy (non-hydrogen) atoms. The van der Waals surface area contributed by atoms with Crippen LogP contribution in [-0.2, 0) is 12.5 Å². The normalized spacial score (nSPS) is 13.7. The molecule has 0 atom stereocenters. The molecule has 198 valence electrons. The van der Waals surface area contributed by atoms with Gasteiger partial charge >= 0.3 is 0 Å². The molecule has 1 aromatic heterocycles. The van der Waals surface area contributed by atoms with Gasteiger partial charge in [0.25, 0.3) is 0 Å². The molecule has 0 N–H and O–H groups in total. The highest BCUT2D eigenvalue weighted by molar-refractivity contribution is 6.21. The third-order valence-electron chi connectivity index (χ3n) is 9.49. The molecule has 1 aliphatic carbocycles. The van der Waals surface area contributed by atoms with E-state index in [1.54, 1.807) is 0 Å². The largest absolute Gasteiger partial charge is 0.343 e. The predicted molar refractivity (Wildman–Crippen MR) is 176 cm³/mol. The lowest BCUT2D eigenvalue weighted by atomic mass is 9.79. The van der Waals surface area contributed by atoms with Crippen molar-refractivity contribution in [1.82, 2.24) is 4.57 Å². The first-order valence-corrected chi connectivity index (χ1v) is 14.6. The molecule has 0 saturated carbocycles. The Morgan fingerprint density at radius 2 is 1.07 bits per heavy atom. The Morgan fingerprint density at radius 1 is 0.537 bits per heavy atom. The summed E-state index contributed by atoms with van der Waals surface area (Å²) in [4.78, 5) is 0. The minimum Gasteiger partial charge on any atom is -0.343 e. The average molecular weight is 528 g/mol. The van der Waals surface area contributed by atoms with Crippen molar-refractivity contribution in [2.75, 3.05) is 0 Å². The molecule has 0 bridgehead atoms. The van der Waals surface area contributed by atoms with E-state index in [0.29, 0.717) is 0 Å². The van der Waals surface area contributed by atoms with Crippen LogP contribution in [0.3, 0.4) is 0 Å². The minimum absolute atomic E-state index is 0.0958. The van der Waals surface area contributed by atoms with E-state index >= 15 is 0 Å². The van der Waals surface area contributed by atoms with Crippen molar-refractivity contribution in [3.8, 4) is 33.5 Å². The summed E-state index contributed by atoms with van der Waals surface area (Å²) in [6, 6.07) is 41.0. The summed E-state index contributed by atoms with van der Waals surface area (Å²) in [5.74, 6) is 0.